The summed E-state index contributed by atoms with van der Waals surface area (Å²) < 4.78 is 6.78. The quantitative estimate of drug-likeness (QED) is 0.746. The fraction of sp³-hybridized carbons (Fsp3) is 0.250. The molecule has 0 aliphatic carbocycles. The van der Waals surface area contributed by atoms with Gasteiger partial charge in [-0.15, -0.1) is 0 Å². The minimum atomic E-state index is -0.313. The Kier molecular flexibility index (Phi) is 2.52. The van der Waals surface area contributed by atoms with E-state index in [2.05, 4.69) is 4.99 Å². The summed E-state index contributed by atoms with van der Waals surface area (Å²) in [5, 5.41) is 0. The molecule has 2 aromatic heterocycles. The molecule has 18 heavy (non-hydrogen) atoms. The van der Waals surface area contributed by atoms with Gasteiger partial charge in [0.25, 0.3) is 5.56 Å². The van der Waals surface area contributed by atoms with Crippen LogP contribution in [0.4, 0.5) is 0 Å². The first-order valence-electron chi connectivity index (χ1n) is 5.53. The van der Waals surface area contributed by atoms with Gasteiger partial charge in [-0.3, -0.25) is 14.6 Å². The van der Waals surface area contributed by atoms with Crippen molar-refractivity contribution >= 4 is 23.3 Å². The Bertz CT molecular complexity index is 767. The van der Waals surface area contributed by atoms with Gasteiger partial charge in [0.2, 0.25) is 5.91 Å². The third kappa shape index (κ3) is 1.74. The van der Waals surface area contributed by atoms with E-state index in [0.29, 0.717) is 15.1 Å². The fourth-order valence-corrected chi connectivity index (χ4v) is 2.92. The number of nitrogens with zero attached hydrogens (tertiary/aromatic N) is 2. The summed E-state index contributed by atoms with van der Waals surface area (Å²) in [4.78, 5) is 28.7. The van der Waals surface area contributed by atoms with Crippen molar-refractivity contribution in [3.8, 4) is 0 Å². The standard InChI is InChI=1S/C12H10N2O3S/c1-7-5-10(15)14-11(16)9(18-12(14)13-7)6-8-3-2-4-17-8/h2-4,6-7H,5H2,1H3/b9-6+/t7-/m1/s1. The second kappa shape index (κ2) is 4.06. The average molecular weight is 262 g/mol. The Morgan fingerprint density at radius 1 is 1.56 bits per heavy atom. The molecule has 0 saturated heterocycles. The van der Waals surface area contributed by atoms with E-state index in [4.69, 9.17) is 4.42 Å². The highest BCUT2D eigenvalue weighted by molar-refractivity contribution is 7.07. The zero-order chi connectivity index (χ0) is 12.7. The lowest BCUT2D eigenvalue weighted by Crippen LogP contribution is -2.40. The molecule has 6 heteroatoms. The molecule has 0 bridgehead atoms. The Hall–Kier alpha value is -1.95. The van der Waals surface area contributed by atoms with Crippen LogP contribution in [-0.2, 0) is 0 Å². The van der Waals surface area contributed by atoms with Crippen LogP contribution in [0.5, 0.6) is 0 Å². The van der Waals surface area contributed by atoms with E-state index in [1.165, 1.54) is 17.6 Å². The van der Waals surface area contributed by atoms with Crippen molar-refractivity contribution in [3.05, 3.63) is 43.8 Å². The molecule has 0 aromatic carbocycles. The van der Waals surface area contributed by atoms with Crippen LogP contribution in [-0.4, -0.2) is 16.5 Å². The molecule has 3 heterocycles. The number of fused-ring (bicyclic) bond motifs is 1. The van der Waals surface area contributed by atoms with Crippen molar-refractivity contribution in [1.29, 1.82) is 0 Å². The molecule has 5 nitrogen and oxygen atoms in total. The Labute approximate surface area is 106 Å². The lowest BCUT2D eigenvalue weighted by molar-refractivity contribution is 0.0877. The summed E-state index contributed by atoms with van der Waals surface area (Å²) >= 11 is 1.22. The number of carbonyl (C=O) groups excluding carboxylic acids is 1. The first kappa shape index (κ1) is 11.2. The van der Waals surface area contributed by atoms with Gasteiger partial charge in [0.15, 0.2) is 4.80 Å². The van der Waals surface area contributed by atoms with Crippen LogP contribution in [0.25, 0.3) is 6.08 Å². The first-order valence-corrected chi connectivity index (χ1v) is 6.35. The van der Waals surface area contributed by atoms with Gasteiger partial charge in [-0.2, -0.15) is 0 Å². The van der Waals surface area contributed by atoms with Crippen LogP contribution in [0, 0.1) is 0 Å². The summed E-state index contributed by atoms with van der Waals surface area (Å²) in [6.07, 6.45) is 3.45. The van der Waals surface area contributed by atoms with Gasteiger partial charge in [0, 0.05) is 12.5 Å². The zero-order valence-electron chi connectivity index (χ0n) is 9.62. The molecule has 1 atom stereocenters. The molecule has 0 amide bonds. The maximum Gasteiger partial charge on any atom is 0.277 e. The van der Waals surface area contributed by atoms with Gasteiger partial charge < -0.3 is 4.42 Å². The summed E-state index contributed by atoms with van der Waals surface area (Å²) in [6.45, 7) is 1.86. The number of thiazole rings is 1. The summed E-state index contributed by atoms with van der Waals surface area (Å²) in [6, 6.07) is 3.44. The first-order chi connectivity index (χ1) is 8.65. The van der Waals surface area contributed by atoms with Gasteiger partial charge in [-0.05, 0) is 19.1 Å². The molecule has 2 aromatic rings. The Morgan fingerprint density at radius 2 is 2.39 bits per heavy atom. The van der Waals surface area contributed by atoms with E-state index in [1.807, 2.05) is 6.92 Å². The smallest absolute Gasteiger partial charge is 0.277 e. The van der Waals surface area contributed by atoms with E-state index in [1.54, 1.807) is 18.2 Å². The predicted molar refractivity (Wildman–Crippen MR) is 66.3 cm³/mol. The number of rotatable bonds is 1. The van der Waals surface area contributed by atoms with Crippen LogP contribution in [0.15, 0.2) is 32.6 Å². The lowest BCUT2D eigenvalue weighted by Gasteiger charge is -2.09. The summed E-state index contributed by atoms with van der Waals surface area (Å²) in [7, 11) is 0. The van der Waals surface area contributed by atoms with Crippen molar-refractivity contribution in [1.82, 2.24) is 4.57 Å². The van der Waals surface area contributed by atoms with Crippen LogP contribution >= 0.6 is 11.3 Å². The van der Waals surface area contributed by atoms with Gasteiger partial charge in [0.1, 0.15) is 10.3 Å². The maximum absolute atomic E-state index is 12.1. The molecule has 0 fully saturated rings. The van der Waals surface area contributed by atoms with Gasteiger partial charge >= 0.3 is 0 Å². The fourth-order valence-electron chi connectivity index (χ4n) is 1.86. The highest BCUT2D eigenvalue weighted by atomic mass is 32.1. The van der Waals surface area contributed by atoms with Crippen LogP contribution in [0.3, 0.4) is 0 Å². The topological polar surface area (TPSA) is 64.6 Å². The largest absolute Gasteiger partial charge is 0.465 e. The Morgan fingerprint density at radius 3 is 3.11 bits per heavy atom. The highest BCUT2D eigenvalue weighted by Crippen LogP contribution is 2.03. The predicted octanol–water partition coefficient (Wildman–Crippen LogP) is 0.384. The van der Waals surface area contributed by atoms with Crippen molar-refractivity contribution in [2.45, 2.75) is 19.4 Å². The van der Waals surface area contributed by atoms with Crippen molar-refractivity contribution in [2.24, 2.45) is 4.99 Å². The Balaban J connectivity index is 2.28. The van der Waals surface area contributed by atoms with Crippen molar-refractivity contribution in [2.75, 3.05) is 0 Å². The summed E-state index contributed by atoms with van der Waals surface area (Å²) in [5.74, 6) is 0.402. The van der Waals surface area contributed by atoms with Crippen LogP contribution in [0.2, 0.25) is 0 Å². The molecule has 0 radical (unpaired) electrons. The molecule has 3 rings (SSSR count). The number of carbonyl (C=O) groups is 1. The third-order valence-corrected chi connectivity index (χ3v) is 3.66. The van der Waals surface area contributed by atoms with Crippen molar-refractivity contribution in [3.63, 3.8) is 0 Å². The molecule has 1 aliphatic heterocycles. The van der Waals surface area contributed by atoms with E-state index < -0.39 is 0 Å². The van der Waals surface area contributed by atoms with Gasteiger partial charge in [-0.25, -0.2) is 4.57 Å². The molecule has 1 aliphatic rings. The molecular weight excluding hydrogens is 252 g/mol. The van der Waals surface area contributed by atoms with E-state index >= 15 is 0 Å². The molecule has 92 valence electrons. The molecular formula is C12H10N2O3S. The van der Waals surface area contributed by atoms with Gasteiger partial charge in [0.05, 0.1) is 12.3 Å². The molecule has 0 spiro atoms. The average Bonchev–Trinajstić information content (AvgIpc) is 2.88. The van der Waals surface area contributed by atoms with E-state index in [0.717, 1.165) is 4.57 Å². The minimum Gasteiger partial charge on any atom is -0.465 e. The number of aromatic nitrogens is 1. The normalized spacial score (nSPS) is 19.7. The monoisotopic (exact) mass is 262 g/mol. The number of furan rings is 1. The second-order valence-corrected chi connectivity index (χ2v) is 5.13. The maximum atomic E-state index is 12.1. The highest BCUT2D eigenvalue weighted by Gasteiger charge is 2.20. The molecule has 0 unspecified atom stereocenters. The van der Waals surface area contributed by atoms with E-state index in [9.17, 15) is 9.59 Å². The third-order valence-electron chi connectivity index (χ3n) is 2.67. The van der Waals surface area contributed by atoms with Crippen molar-refractivity contribution < 1.29 is 9.21 Å². The van der Waals surface area contributed by atoms with E-state index in [-0.39, 0.29) is 23.9 Å². The number of hydrogen-bond donors (Lipinski definition) is 0. The minimum absolute atomic E-state index is 0.0630. The van der Waals surface area contributed by atoms with Crippen LogP contribution in [0.1, 0.15) is 23.9 Å². The zero-order valence-corrected chi connectivity index (χ0v) is 10.4. The SMILES string of the molecule is C[C@@H]1CC(=O)n2c(s/c(=C/c3ccco3)c2=O)=N1. The van der Waals surface area contributed by atoms with Crippen LogP contribution < -0.4 is 14.9 Å². The van der Waals surface area contributed by atoms with Gasteiger partial charge in [-0.1, -0.05) is 11.3 Å². The second-order valence-electron chi connectivity index (χ2n) is 4.13. The number of hydrogen-bond acceptors (Lipinski definition) is 5. The lowest BCUT2D eigenvalue weighted by atomic mass is 10.2. The molecule has 0 saturated carbocycles. The summed E-state index contributed by atoms with van der Waals surface area (Å²) in [5.41, 5.74) is -0.313. The molecule has 0 N–H and O–H groups in total.